The molecule has 0 aliphatic heterocycles. The monoisotopic (exact) mass is 423 g/mol. The molecule has 0 fully saturated rings. The second kappa shape index (κ2) is 12.3. The number of benzene rings is 2. The van der Waals surface area contributed by atoms with Crippen molar-refractivity contribution in [1.82, 2.24) is 0 Å². The predicted molar refractivity (Wildman–Crippen MR) is 116 cm³/mol. The third kappa shape index (κ3) is 6.25. The molecule has 1 unspecified atom stereocenters. The van der Waals surface area contributed by atoms with Crippen molar-refractivity contribution in [3.63, 3.8) is 0 Å². The molecule has 0 aromatic heterocycles. The summed E-state index contributed by atoms with van der Waals surface area (Å²) in [7, 11) is 0. The molecule has 1 aliphatic rings. The molecule has 138 valence electrons. The third-order valence-electron chi connectivity index (χ3n) is 4.72. The summed E-state index contributed by atoms with van der Waals surface area (Å²) in [6.07, 6.45) is 0. The van der Waals surface area contributed by atoms with Crippen LogP contribution in [0.3, 0.4) is 0 Å². The van der Waals surface area contributed by atoms with E-state index in [0.717, 1.165) is 5.56 Å². The molecule has 0 amide bonds. The molecule has 0 spiro atoms. The summed E-state index contributed by atoms with van der Waals surface area (Å²) in [5.41, 5.74) is 15.8. The van der Waals surface area contributed by atoms with Gasteiger partial charge in [0.15, 0.2) is 0 Å². The van der Waals surface area contributed by atoms with Crippen molar-refractivity contribution in [3.8, 4) is 0 Å². The standard InChI is InChI=1S/C16H19.C6H6N.2ClH.Ti/c1-10-8-6-7-9-15(10)16-13(4)11(2)12(3)14(16)5;7-6-4-2-1-3-5-6;;;/h6-9,13H,1H2,2-5H3;1-5,7H;2*1H;/q2*-1;;;+2. The van der Waals surface area contributed by atoms with E-state index in [9.17, 15) is 0 Å². The largest absolute Gasteiger partial charge is 2.00 e. The van der Waals surface area contributed by atoms with Crippen molar-refractivity contribution in [2.45, 2.75) is 27.7 Å². The van der Waals surface area contributed by atoms with E-state index in [1.165, 1.54) is 27.9 Å². The normalized spacial score (nSPS) is 15.2. The molecular weight excluding hydrogens is 397 g/mol. The number of halogens is 2. The minimum absolute atomic E-state index is 0. The Labute approximate surface area is 185 Å². The minimum atomic E-state index is 0. The van der Waals surface area contributed by atoms with Crippen molar-refractivity contribution in [2.24, 2.45) is 5.92 Å². The van der Waals surface area contributed by atoms with Crippen molar-refractivity contribution in [1.29, 1.82) is 0 Å². The van der Waals surface area contributed by atoms with Crippen molar-refractivity contribution in [3.05, 3.63) is 95.1 Å². The van der Waals surface area contributed by atoms with Crippen molar-refractivity contribution >= 4 is 36.1 Å². The van der Waals surface area contributed by atoms with E-state index in [2.05, 4.69) is 58.9 Å². The SMILES string of the molecule is Cl.Cl.[CH2-]c1ccccc1C1=C(C)C(C)=C(C)C1C.[NH-]c1ccccc1.[Ti+2]. The molecular formula is C22H27Cl2NTi. The summed E-state index contributed by atoms with van der Waals surface area (Å²) in [5, 5.41) is 0. The molecule has 1 atom stereocenters. The molecule has 1 nitrogen and oxygen atoms in total. The van der Waals surface area contributed by atoms with Gasteiger partial charge in [-0.3, -0.25) is 0 Å². The van der Waals surface area contributed by atoms with Gasteiger partial charge in [-0.2, -0.15) is 18.6 Å². The summed E-state index contributed by atoms with van der Waals surface area (Å²) in [6, 6.07) is 17.5. The van der Waals surface area contributed by atoms with Crippen LogP contribution in [0.1, 0.15) is 38.8 Å². The Morgan fingerprint density at radius 2 is 1.31 bits per heavy atom. The van der Waals surface area contributed by atoms with Crippen LogP contribution in [0, 0.1) is 12.8 Å². The number of hydrogen-bond acceptors (Lipinski definition) is 0. The van der Waals surface area contributed by atoms with Crippen molar-refractivity contribution in [2.75, 3.05) is 0 Å². The van der Waals surface area contributed by atoms with E-state index >= 15 is 0 Å². The van der Waals surface area contributed by atoms with Gasteiger partial charge in [0.05, 0.1) is 0 Å². The molecule has 2 aromatic carbocycles. The van der Waals surface area contributed by atoms with Crippen LogP contribution in [-0.4, -0.2) is 0 Å². The Kier molecular flexibility index (Phi) is 12.8. The number of hydrogen-bond donors (Lipinski definition) is 0. The topological polar surface area (TPSA) is 23.8 Å². The van der Waals surface area contributed by atoms with E-state index in [4.69, 9.17) is 5.73 Å². The Hall–Kier alpha value is -1.12. The summed E-state index contributed by atoms with van der Waals surface area (Å²) >= 11 is 0. The Balaban J connectivity index is 0. The number of rotatable bonds is 1. The Morgan fingerprint density at radius 1 is 0.808 bits per heavy atom. The van der Waals surface area contributed by atoms with Gasteiger partial charge in [0, 0.05) is 0 Å². The van der Waals surface area contributed by atoms with Gasteiger partial charge in [-0.25, -0.2) is 0 Å². The molecule has 26 heavy (non-hydrogen) atoms. The van der Waals surface area contributed by atoms with E-state index in [0.29, 0.717) is 11.6 Å². The van der Waals surface area contributed by atoms with E-state index in [1.54, 1.807) is 12.1 Å². The molecule has 1 aliphatic carbocycles. The first-order valence-electron chi connectivity index (χ1n) is 8.00. The van der Waals surface area contributed by atoms with Crippen LogP contribution < -0.4 is 0 Å². The fraction of sp³-hybridized carbons (Fsp3) is 0.227. The van der Waals surface area contributed by atoms with Gasteiger partial charge in [0.1, 0.15) is 0 Å². The van der Waals surface area contributed by atoms with Crippen LogP contribution >= 0.6 is 24.8 Å². The molecule has 4 heteroatoms. The number of allylic oxidation sites excluding steroid dienone is 4. The first-order valence-corrected chi connectivity index (χ1v) is 8.00. The maximum atomic E-state index is 7.00. The van der Waals surface area contributed by atoms with E-state index < -0.39 is 0 Å². The van der Waals surface area contributed by atoms with Gasteiger partial charge in [0.25, 0.3) is 0 Å². The quantitative estimate of drug-likeness (QED) is 0.329. The number of nitrogens with one attached hydrogen (secondary N) is 1. The second-order valence-electron chi connectivity index (χ2n) is 6.09. The maximum Gasteiger partial charge on any atom is 2.00 e. The van der Waals surface area contributed by atoms with Crippen molar-refractivity contribution < 1.29 is 21.7 Å². The summed E-state index contributed by atoms with van der Waals surface area (Å²) < 4.78 is 0. The van der Waals surface area contributed by atoms with Crippen LogP contribution in [0.5, 0.6) is 0 Å². The average Bonchev–Trinajstić information content (AvgIpc) is 2.73. The van der Waals surface area contributed by atoms with Crippen LogP contribution in [0.2, 0.25) is 0 Å². The maximum absolute atomic E-state index is 7.00. The van der Waals surface area contributed by atoms with Crippen LogP contribution in [0.25, 0.3) is 11.3 Å². The zero-order valence-electron chi connectivity index (χ0n) is 15.8. The fourth-order valence-electron chi connectivity index (χ4n) is 3.02. The molecule has 0 saturated heterocycles. The molecule has 2 aromatic rings. The smallest absolute Gasteiger partial charge is 0.699 e. The Bertz CT molecular complexity index is 752. The average molecular weight is 424 g/mol. The van der Waals surface area contributed by atoms with Gasteiger partial charge in [-0.15, -0.1) is 48.2 Å². The molecule has 0 saturated carbocycles. The third-order valence-corrected chi connectivity index (χ3v) is 4.72. The fourth-order valence-corrected chi connectivity index (χ4v) is 3.02. The summed E-state index contributed by atoms with van der Waals surface area (Å²) in [4.78, 5) is 0. The molecule has 1 N–H and O–H groups in total. The molecule has 0 radical (unpaired) electrons. The van der Waals surface area contributed by atoms with Crippen LogP contribution in [0.4, 0.5) is 5.69 Å². The van der Waals surface area contributed by atoms with Crippen LogP contribution in [-0.2, 0) is 21.7 Å². The van der Waals surface area contributed by atoms with Gasteiger partial charge in [0.2, 0.25) is 0 Å². The first kappa shape index (κ1) is 27.1. The van der Waals surface area contributed by atoms with Gasteiger partial charge in [-0.1, -0.05) is 60.0 Å². The summed E-state index contributed by atoms with van der Waals surface area (Å²) in [5.74, 6) is 0.530. The Morgan fingerprint density at radius 3 is 1.69 bits per heavy atom. The zero-order chi connectivity index (χ0) is 17.0. The molecule has 3 rings (SSSR count). The molecule has 0 bridgehead atoms. The van der Waals surface area contributed by atoms with Gasteiger partial charge < -0.3 is 5.73 Å². The first-order chi connectivity index (χ1) is 10.9. The van der Waals surface area contributed by atoms with Gasteiger partial charge in [-0.05, 0) is 32.3 Å². The predicted octanol–water partition coefficient (Wildman–Crippen LogP) is 7.84. The minimum Gasteiger partial charge on any atom is -0.699 e. The van der Waals surface area contributed by atoms with E-state index in [-0.39, 0.29) is 46.5 Å². The van der Waals surface area contributed by atoms with Gasteiger partial charge >= 0.3 is 21.7 Å². The zero-order valence-corrected chi connectivity index (χ0v) is 19.0. The van der Waals surface area contributed by atoms with Crippen LogP contribution in [0.15, 0.2) is 71.3 Å². The summed E-state index contributed by atoms with van der Waals surface area (Å²) in [6.45, 7) is 13.1. The molecule has 0 heterocycles. The second-order valence-corrected chi connectivity index (χ2v) is 6.09. The van der Waals surface area contributed by atoms with E-state index in [1.807, 2.05) is 18.2 Å².